The smallest absolute Gasteiger partial charge is 0.387 e. The van der Waals surface area contributed by atoms with Crippen molar-refractivity contribution in [3.05, 3.63) is 35.7 Å². The van der Waals surface area contributed by atoms with Crippen LogP contribution in [0.15, 0.2) is 29.4 Å². The molecule has 0 fully saturated rings. The Labute approximate surface area is 149 Å². The van der Waals surface area contributed by atoms with Gasteiger partial charge in [-0.25, -0.2) is 4.98 Å². The Morgan fingerprint density at radius 3 is 2.56 bits per heavy atom. The largest absolute Gasteiger partial charge is 0.435 e. The summed E-state index contributed by atoms with van der Waals surface area (Å²) in [6, 6.07) is 6.21. The van der Waals surface area contributed by atoms with E-state index < -0.39 is 6.61 Å². The number of carbonyl (C=O) groups is 1. The number of halogens is 2. The lowest BCUT2D eigenvalue weighted by atomic mass is 10.2. The van der Waals surface area contributed by atoms with Crippen LogP contribution in [0.5, 0.6) is 5.75 Å². The number of rotatable bonds is 8. The molecule has 0 radical (unpaired) electrons. The molecule has 0 unspecified atom stereocenters. The first kappa shape index (κ1) is 19.2. The number of ether oxygens (including phenoxy) is 1. The number of nitrogens with one attached hydrogen (secondary N) is 1. The number of carbonyl (C=O) groups excluding carboxylic acids is 1. The highest BCUT2D eigenvalue weighted by molar-refractivity contribution is 7.99. The van der Waals surface area contributed by atoms with Gasteiger partial charge in [0.1, 0.15) is 11.6 Å². The molecule has 0 aliphatic heterocycles. The minimum absolute atomic E-state index is 0.0752. The number of aromatic nitrogens is 3. The molecule has 0 spiro atoms. The van der Waals surface area contributed by atoms with E-state index in [2.05, 4.69) is 19.9 Å². The first-order valence-corrected chi connectivity index (χ1v) is 8.66. The van der Waals surface area contributed by atoms with Gasteiger partial charge < -0.3 is 9.64 Å². The van der Waals surface area contributed by atoms with Gasteiger partial charge in [0.2, 0.25) is 11.1 Å². The van der Waals surface area contributed by atoms with Crippen molar-refractivity contribution < 1.29 is 18.3 Å². The summed E-state index contributed by atoms with van der Waals surface area (Å²) < 4.78 is 28.5. The molecule has 1 N–H and O–H groups in total. The molecule has 6 nitrogen and oxygen atoms in total. The van der Waals surface area contributed by atoms with Crippen LogP contribution in [0.3, 0.4) is 0 Å². The van der Waals surface area contributed by atoms with Crippen LogP contribution in [0, 0.1) is 0 Å². The molecule has 0 aliphatic rings. The summed E-state index contributed by atoms with van der Waals surface area (Å²) in [5.74, 6) is 1.27. The van der Waals surface area contributed by atoms with Gasteiger partial charge in [-0.3, -0.25) is 9.89 Å². The van der Waals surface area contributed by atoms with Crippen LogP contribution in [0.4, 0.5) is 8.78 Å². The van der Waals surface area contributed by atoms with Gasteiger partial charge in [0.25, 0.3) is 0 Å². The Morgan fingerprint density at radius 1 is 1.32 bits per heavy atom. The van der Waals surface area contributed by atoms with Crippen LogP contribution in [0.1, 0.15) is 31.2 Å². The van der Waals surface area contributed by atoms with Gasteiger partial charge in [-0.05, 0) is 17.7 Å². The fraction of sp³-hybridized carbons (Fsp3) is 0.438. The van der Waals surface area contributed by atoms with Gasteiger partial charge in [0.15, 0.2) is 0 Å². The van der Waals surface area contributed by atoms with Gasteiger partial charge in [-0.2, -0.15) is 8.78 Å². The first-order valence-electron chi connectivity index (χ1n) is 7.68. The predicted molar refractivity (Wildman–Crippen MR) is 90.7 cm³/mol. The summed E-state index contributed by atoms with van der Waals surface area (Å²) in [6.45, 7) is 1.54. The van der Waals surface area contributed by atoms with E-state index in [9.17, 15) is 13.6 Å². The van der Waals surface area contributed by atoms with Gasteiger partial charge >= 0.3 is 6.61 Å². The number of amides is 1. The minimum Gasteiger partial charge on any atom is -0.435 e. The number of thioether (sulfide) groups is 1. The lowest BCUT2D eigenvalue weighted by Crippen LogP contribution is -2.27. The highest BCUT2D eigenvalue weighted by Crippen LogP contribution is 2.18. The maximum Gasteiger partial charge on any atom is 0.387 e. The summed E-state index contributed by atoms with van der Waals surface area (Å²) in [5, 5.41) is 7.45. The van der Waals surface area contributed by atoms with E-state index in [4.69, 9.17) is 0 Å². The van der Waals surface area contributed by atoms with Gasteiger partial charge in [-0.1, -0.05) is 37.7 Å². The Morgan fingerprint density at radius 2 is 2.00 bits per heavy atom. The molecule has 1 heterocycles. The second-order valence-electron chi connectivity index (χ2n) is 5.72. The Balaban J connectivity index is 1.83. The highest BCUT2D eigenvalue weighted by Gasteiger charge is 2.13. The van der Waals surface area contributed by atoms with Crippen molar-refractivity contribution in [3.8, 4) is 5.75 Å². The zero-order valence-electron chi connectivity index (χ0n) is 14.2. The lowest BCUT2D eigenvalue weighted by molar-refractivity contribution is -0.127. The maximum atomic E-state index is 12.2. The topological polar surface area (TPSA) is 71.1 Å². The molecule has 0 aliphatic carbocycles. The number of hydrogen-bond donors (Lipinski definition) is 1. The first-order chi connectivity index (χ1) is 11.8. The molecule has 0 saturated carbocycles. The molecule has 1 amide bonds. The van der Waals surface area contributed by atoms with E-state index in [1.54, 1.807) is 24.1 Å². The van der Waals surface area contributed by atoms with Crippen LogP contribution in [-0.2, 0) is 11.3 Å². The summed E-state index contributed by atoms with van der Waals surface area (Å²) in [6.07, 6.45) is 0. The molecule has 0 saturated heterocycles. The minimum atomic E-state index is -2.85. The average Bonchev–Trinajstić information content (AvgIpc) is 3.03. The van der Waals surface area contributed by atoms with Crippen LogP contribution in [-0.4, -0.2) is 45.4 Å². The van der Waals surface area contributed by atoms with Crippen LogP contribution in [0.25, 0.3) is 0 Å². The Bertz CT molecular complexity index is 692. The predicted octanol–water partition coefficient (Wildman–Crippen LogP) is 3.28. The van der Waals surface area contributed by atoms with Crippen LogP contribution in [0.2, 0.25) is 0 Å². The van der Waals surface area contributed by atoms with E-state index >= 15 is 0 Å². The highest BCUT2D eigenvalue weighted by atomic mass is 32.2. The maximum absolute atomic E-state index is 12.2. The third-order valence-electron chi connectivity index (χ3n) is 3.35. The van der Waals surface area contributed by atoms with E-state index in [-0.39, 0.29) is 23.3 Å². The van der Waals surface area contributed by atoms with Crippen molar-refractivity contribution in [2.24, 2.45) is 0 Å². The molecule has 9 heteroatoms. The van der Waals surface area contributed by atoms with Gasteiger partial charge in [-0.15, -0.1) is 5.10 Å². The van der Waals surface area contributed by atoms with Crippen molar-refractivity contribution in [1.29, 1.82) is 0 Å². The van der Waals surface area contributed by atoms with E-state index in [0.717, 1.165) is 11.4 Å². The van der Waals surface area contributed by atoms with E-state index in [0.29, 0.717) is 11.7 Å². The number of alkyl halides is 2. The van der Waals surface area contributed by atoms with E-state index in [1.165, 1.54) is 23.9 Å². The van der Waals surface area contributed by atoms with Crippen LogP contribution >= 0.6 is 11.8 Å². The summed E-state index contributed by atoms with van der Waals surface area (Å²) in [5.41, 5.74) is 0.822. The number of aromatic amines is 1. The Hall–Kier alpha value is -2.16. The molecule has 2 aromatic rings. The van der Waals surface area contributed by atoms with Crippen molar-refractivity contribution in [1.82, 2.24) is 20.1 Å². The molecule has 25 heavy (non-hydrogen) atoms. The van der Waals surface area contributed by atoms with Crippen molar-refractivity contribution in [3.63, 3.8) is 0 Å². The fourth-order valence-electron chi connectivity index (χ4n) is 1.96. The molecular weight excluding hydrogens is 350 g/mol. The SMILES string of the molecule is CC(C)c1nc(SCC(=O)N(C)Cc2ccc(OC(F)F)cc2)n[nH]1. The zero-order chi connectivity index (χ0) is 18.4. The molecule has 0 bridgehead atoms. The Kier molecular flexibility index (Phi) is 6.74. The number of H-pyrrole nitrogens is 1. The monoisotopic (exact) mass is 370 g/mol. The average molecular weight is 370 g/mol. The molecule has 2 rings (SSSR count). The summed E-state index contributed by atoms with van der Waals surface area (Å²) in [4.78, 5) is 18.1. The van der Waals surface area contributed by atoms with E-state index in [1.807, 2.05) is 13.8 Å². The summed E-state index contributed by atoms with van der Waals surface area (Å²) >= 11 is 1.27. The lowest BCUT2D eigenvalue weighted by Gasteiger charge is -2.17. The number of nitrogens with zero attached hydrogens (tertiary/aromatic N) is 3. The normalized spacial score (nSPS) is 11.2. The van der Waals surface area contributed by atoms with Gasteiger partial charge in [0, 0.05) is 19.5 Å². The molecule has 1 aromatic heterocycles. The van der Waals surface area contributed by atoms with Crippen molar-refractivity contribution in [2.75, 3.05) is 12.8 Å². The van der Waals surface area contributed by atoms with Crippen molar-refractivity contribution in [2.45, 2.75) is 38.1 Å². The molecular formula is C16H20F2N4O2S. The van der Waals surface area contributed by atoms with Crippen LogP contribution < -0.4 is 4.74 Å². The second-order valence-corrected chi connectivity index (χ2v) is 6.66. The van der Waals surface area contributed by atoms with Gasteiger partial charge in [0.05, 0.1) is 5.75 Å². The molecule has 1 aromatic carbocycles. The quantitative estimate of drug-likeness (QED) is 0.722. The second kappa shape index (κ2) is 8.80. The summed E-state index contributed by atoms with van der Waals surface area (Å²) in [7, 11) is 1.68. The zero-order valence-corrected chi connectivity index (χ0v) is 15.0. The van der Waals surface area contributed by atoms with Crippen molar-refractivity contribution >= 4 is 17.7 Å². The third-order valence-corrected chi connectivity index (χ3v) is 4.18. The fourth-order valence-corrected chi connectivity index (χ4v) is 2.70. The molecule has 0 atom stereocenters. The number of benzene rings is 1. The number of hydrogen-bond acceptors (Lipinski definition) is 5. The standard InChI is InChI=1S/C16H20F2N4O2S/c1-10(2)14-19-16(21-20-14)25-9-13(23)22(3)8-11-4-6-12(7-5-11)24-15(17)18/h4-7,10,15H,8-9H2,1-3H3,(H,19,20,21). The third kappa shape index (κ3) is 6.00. The molecule has 136 valence electrons.